The van der Waals surface area contributed by atoms with Crippen LogP contribution in [0.2, 0.25) is 15.1 Å². The minimum atomic E-state index is -0.589. The smallest absolute Gasteiger partial charge is 0.265 e. The molecule has 4 aliphatic rings. The van der Waals surface area contributed by atoms with E-state index < -0.39 is 29.0 Å². The standard InChI is InChI=1S/C26H28ClN5O4.C23H22Cl2N4O3.C3H7NO/c1-26(2)14-31(15-26)22(34)13-32-23-19(21(7-8-28-23)30-11-18(33)12-30)9-20(25(32)36)24(35)29-10-16-3-5-17(27)6-4-16;1-23(2)12-28(13-23)19(30)11-29-20-16(18(25)7-8-26-20)9-17(22(29)32)21(31)27-10-14-3-5-15(24)6-4-14;5-3-1-4-2-3/h3-9,18,33H,10-15H2,1-2H3,(H,29,35);3-9H,10-13H2,1-2H3,(H,27,31);3-5H,1-2H2. The van der Waals surface area contributed by atoms with Crippen molar-refractivity contribution in [3.63, 3.8) is 0 Å². The third-order valence-corrected chi connectivity index (χ3v) is 13.7. The van der Waals surface area contributed by atoms with Crippen LogP contribution in [0.4, 0.5) is 5.69 Å². The van der Waals surface area contributed by atoms with E-state index in [9.17, 15) is 33.9 Å². The van der Waals surface area contributed by atoms with Crippen LogP contribution in [0, 0.1) is 10.8 Å². The van der Waals surface area contributed by atoms with Crippen molar-refractivity contribution < 1.29 is 29.4 Å². The van der Waals surface area contributed by atoms with E-state index in [1.807, 2.05) is 4.90 Å². The lowest BCUT2D eigenvalue weighted by Gasteiger charge is -2.45. The van der Waals surface area contributed by atoms with Gasteiger partial charge in [0.25, 0.3) is 22.9 Å². The molecule has 73 heavy (non-hydrogen) atoms. The highest BCUT2D eigenvalue weighted by Gasteiger charge is 2.39. The Balaban J connectivity index is 0.000000179. The number of rotatable bonds is 11. The SMILES string of the molecule is CC1(C)CN(C(=O)Cn2c(=O)c(C(=O)NCc3ccc(Cl)cc3)cc3c(Cl)ccnc32)C1.CC1(C)CN(C(=O)Cn2c(=O)c(C(=O)NCc3ccc(Cl)cc3)cc3c(N4CC(O)C4)ccnc32)C1.OC1CNC1. The molecule has 0 aliphatic carbocycles. The summed E-state index contributed by atoms with van der Waals surface area (Å²) in [5, 5.41) is 29.2. The summed E-state index contributed by atoms with van der Waals surface area (Å²) < 4.78 is 2.52. The Morgan fingerprint density at radius 3 is 1.44 bits per heavy atom. The first-order chi connectivity index (χ1) is 34.6. The summed E-state index contributed by atoms with van der Waals surface area (Å²) in [7, 11) is 0. The second kappa shape index (κ2) is 22.0. The first-order valence-corrected chi connectivity index (χ1v) is 24.9. The molecule has 0 bridgehead atoms. The summed E-state index contributed by atoms with van der Waals surface area (Å²) in [6.45, 7) is 13.3. The Morgan fingerprint density at radius 1 is 0.630 bits per heavy atom. The number of nitrogens with zero attached hydrogens (tertiary/aromatic N) is 7. The van der Waals surface area contributed by atoms with Gasteiger partial charge >= 0.3 is 0 Å². The van der Waals surface area contributed by atoms with Crippen molar-refractivity contribution in [3.05, 3.63) is 143 Å². The molecule has 18 nitrogen and oxygen atoms in total. The zero-order valence-corrected chi connectivity index (χ0v) is 43.1. The summed E-state index contributed by atoms with van der Waals surface area (Å²) in [5.41, 5.74) is 1.81. The number of halogens is 3. The average Bonchev–Trinajstić information content (AvgIpc) is 3.32. The molecule has 21 heteroatoms. The van der Waals surface area contributed by atoms with Crippen molar-refractivity contribution in [2.45, 2.75) is 66.1 Å². The van der Waals surface area contributed by atoms with E-state index in [-0.39, 0.29) is 71.7 Å². The zero-order valence-electron chi connectivity index (χ0n) is 40.8. The minimum absolute atomic E-state index is 0.0463. The van der Waals surface area contributed by atoms with Crippen molar-refractivity contribution >= 4 is 86.2 Å². The number of hydrogen-bond acceptors (Lipinski definition) is 12. The van der Waals surface area contributed by atoms with Gasteiger partial charge in [-0.25, -0.2) is 9.97 Å². The van der Waals surface area contributed by atoms with Gasteiger partial charge in [0.05, 0.1) is 17.2 Å². The van der Waals surface area contributed by atoms with Gasteiger partial charge in [-0.05, 0) is 70.5 Å². The molecule has 4 aliphatic heterocycles. The number of aromatic nitrogens is 4. The van der Waals surface area contributed by atoms with Crippen LogP contribution in [0.25, 0.3) is 22.1 Å². The van der Waals surface area contributed by atoms with Gasteiger partial charge in [-0.3, -0.25) is 37.9 Å². The minimum Gasteiger partial charge on any atom is -0.390 e. The number of hydrogen-bond donors (Lipinski definition) is 5. The number of aliphatic hydroxyl groups is 2. The fraction of sp³-hybridized carbons (Fsp3) is 0.385. The van der Waals surface area contributed by atoms with Crippen LogP contribution in [0.1, 0.15) is 59.5 Å². The summed E-state index contributed by atoms with van der Waals surface area (Å²) >= 11 is 18.2. The summed E-state index contributed by atoms with van der Waals surface area (Å²) in [6.07, 6.45) is 2.57. The number of pyridine rings is 4. The van der Waals surface area contributed by atoms with E-state index in [2.05, 4.69) is 53.6 Å². The van der Waals surface area contributed by atoms with Gasteiger partial charge in [-0.15, -0.1) is 0 Å². The molecule has 4 amide bonds. The maximum absolute atomic E-state index is 13.5. The molecular weight excluding hydrogens is 999 g/mol. The van der Waals surface area contributed by atoms with E-state index >= 15 is 0 Å². The maximum Gasteiger partial charge on any atom is 0.265 e. The van der Waals surface area contributed by atoms with Crippen LogP contribution in [0.5, 0.6) is 0 Å². The van der Waals surface area contributed by atoms with E-state index in [1.54, 1.807) is 76.7 Å². The van der Waals surface area contributed by atoms with Crippen LogP contribution in [0.3, 0.4) is 0 Å². The van der Waals surface area contributed by atoms with Gasteiger partial charge in [-0.1, -0.05) is 86.8 Å². The quantitative estimate of drug-likeness (QED) is 0.121. The van der Waals surface area contributed by atoms with Gasteiger partial charge < -0.3 is 40.9 Å². The Kier molecular flexibility index (Phi) is 15.9. The number of benzene rings is 2. The number of carbonyl (C=O) groups is 4. The van der Waals surface area contributed by atoms with E-state index in [4.69, 9.17) is 39.9 Å². The molecular formula is C52H57Cl3N10O8. The number of anilines is 1. The fourth-order valence-corrected chi connectivity index (χ4v) is 9.31. The first-order valence-electron chi connectivity index (χ1n) is 23.8. The average molecular weight is 1060 g/mol. The molecule has 0 saturated carbocycles. The molecule has 6 aromatic rings. The molecule has 4 saturated heterocycles. The number of nitrogens with one attached hydrogen (secondary N) is 3. The largest absolute Gasteiger partial charge is 0.390 e. The lowest BCUT2D eigenvalue weighted by atomic mass is 9.84. The third-order valence-electron chi connectivity index (χ3n) is 12.9. The highest BCUT2D eigenvalue weighted by molar-refractivity contribution is 6.35. The van der Waals surface area contributed by atoms with Crippen molar-refractivity contribution in [1.82, 2.24) is 44.9 Å². The zero-order chi connectivity index (χ0) is 52.4. The monoisotopic (exact) mass is 1050 g/mol. The number of amides is 4. The predicted octanol–water partition coefficient (Wildman–Crippen LogP) is 4.48. The number of likely N-dealkylation sites (tertiary alicyclic amines) is 2. The van der Waals surface area contributed by atoms with Crippen molar-refractivity contribution in [3.8, 4) is 0 Å². The van der Waals surface area contributed by atoms with Crippen LogP contribution in [0.15, 0.2) is 94.8 Å². The van der Waals surface area contributed by atoms with Crippen LogP contribution in [-0.2, 0) is 35.8 Å². The molecule has 4 fully saturated rings. The normalized spacial score (nSPS) is 16.6. The van der Waals surface area contributed by atoms with Gasteiger partial charge in [0, 0.05) is 104 Å². The van der Waals surface area contributed by atoms with Crippen molar-refractivity contribution in [2.75, 3.05) is 57.3 Å². The van der Waals surface area contributed by atoms with E-state index in [0.717, 1.165) is 29.9 Å². The second-order valence-electron chi connectivity index (χ2n) is 20.3. The lowest BCUT2D eigenvalue weighted by molar-refractivity contribution is -0.142. The summed E-state index contributed by atoms with van der Waals surface area (Å²) in [4.78, 5) is 92.6. The Hall–Kier alpha value is -6.41. The Morgan fingerprint density at radius 2 is 1.04 bits per heavy atom. The first kappa shape index (κ1) is 52.9. The molecule has 384 valence electrons. The number of carbonyl (C=O) groups excluding carboxylic acids is 4. The second-order valence-corrected chi connectivity index (χ2v) is 21.6. The van der Waals surface area contributed by atoms with Crippen LogP contribution < -0.4 is 32.0 Å². The molecule has 0 atom stereocenters. The van der Waals surface area contributed by atoms with Gasteiger partial charge in [0.1, 0.15) is 35.5 Å². The topological polar surface area (TPSA) is 224 Å². The molecule has 10 rings (SSSR count). The number of fused-ring (bicyclic) bond motifs is 2. The number of aliphatic hydroxyl groups excluding tert-OH is 2. The van der Waals surface area contributed by atoms with Crippen LogP contribution in [-0.4, -0.2) is 127 Å². The third kappa shape index (κ3) is 12.5. The summed E-state index contributed by atoms with van der Waals surface area (Å²) in [5.74, 6) is -1.49. The van der Waals surface area contributed by atoms with Gasteiger partial charge in [-0.2, -0.15) is 0 Å². The molecule has 5 N–H and O–H groups in total. The summed E-state index contributed by atoms with van der Waals surface area (Å²) in [6, 6.07) is 20.4. The van der Waals surface area contributed by atoms with Gasteiger partial charge in [0.2, 0.25) is 11.8 Å². The molecule has 0 unspecified atom stereocenters. The molecule has 2 aromatic carbocycles. The van der Waals surface area contributed by atoms with E-state index in [0.29, 0.717) is 70.8 Å². The molecule has 0 spiro atoms. The maximum atomic E-state index is 13.5. The predicted molar refractivity (Wildman–Crippen MR) is 280 cm³/mol. The van der Waals surface area contributed by atoms with Crippen molar-refractivity contribution in [2.24, 2.45) is 10.8 Å². The molecule has 8 heterocycles. The highest BCUT2D eigenvalue weighted by atomic mass is 35.5. The molecule has 0 radical (unpaired) electrons. The fourth-order valence-electron chi connectivity index (χ4n) is 8.87. The molecule has 4 aromatic heterocycles. The number of β-amino-alcohol motifs (C(OH)–C–C–N with tert-alkyl or cyclic N) is 2. The lowest BCUT2D eigenvalue weighted by Crippen LogP contribution is -2.56. The highest BCUT2D eigenvalue weighted by Crippen LogP contribution is 2.32. The Labute approximate surface area is 435 Å². The van der Waals surface area contributed by atoms with Crippen LogP contribution >= 0.6 is 34.8 Å². The van der Waals surface area contributed by atoms with Gasteiger partial charge in [0.15, 0.2) is 0 Å². The Bertz CT molecular complexity index is 3180. The van der Waals surface area contributed by atoms with Crippen molar-refractivity contribution in [1.29, 1.82) is 0 Å². The van der Waals surface area contributed by atoms with E-state index in [1.165, 1.54) is 27.5 Å².